The van der Waals surface area contributed by atoms with Crippen molar-refractivity contribution in [1.82, 2.24) is 9.80 Å². The summed E-state index contributed by atoms with van der Waals surface area (Å²) < 4.78 is 0. The van der Waals surface area contributed by atoms with Crippen LogP contribution in [0.1, 0.15) is 45.4 Å². The quantitative estimate of drug-likeness (QED) is 0.776. The lowest BCUT2D eigenvalue weighted by Crippen LogP contribution is -2.61. The molecule has 110 valence electrons. The van der Waals surface area contributed by atoms with Crippen LogP contribution in [0.4, 0.5) is 0 Å². The SMILES string of the molecule is CC1CN2CCCC2CN1C1CCCC(N)(CO)C1. The summed E-state index contributed by atoms with van der Waals surface area (Å²) in [7, 11) is 0. The largest absolute Gasteiger partial charge is 0.394 e. The number of nitrogens with two attached hydrogens (primary N) is 1. The molecule has 2 saturated heterocycles. The Bertz CT molecular complexity index is 325. The molecule has 4 unspecified atom stereocenters. The molecule has 2 aliphatic heterocycles. The molecule has 0 bridgehead atoms. The van der Waals surface area contributed by atoms with Gasteiger partial charge in [0.2, 0.25) is 0 Å². The van der Waals surface area contributed by atoms with E-state index in [1.165, 1.54) is 45.3 Å². The monoisotopic (exact) mass is 267 g/mol. The van der Waals surface area contributed by atoms with Crippen LogP contribution in [0.2, 0.25) is 0 Å². The van der Waals surface area contributed by atoms with E-state index in [9.17, 15) is 5.11 Å². The minimum absolute atomic E-state index is 0.140. The summed E-state index contributed by atoms with van der Waals surface area (Å²) in [4.78, 5) is 5.37. The molecule has 0 spiro atoms. The predicted octanol–water partition coefficient (Wildman–Crippen LogP) is 0.787. The van der Waals surface area contributed by atoms with E-state index in [1.54, 1.807) is 0 Å². The Morgan fingerprint density at radius 3 is 2.79 bits per heavy atom. The molecule has 19 heavy (non-hydrogen) atoms. The molecule has 3 fully saturated rings. The number of fused-ring (bicyclic) bond motifs is 1. The Morgan fingerprint density at radius 2 is 2.00 bits per heavy atom. The van der Waals surface area contributed by atoms with Gasteiger partial charge < -0.3 is 10.8 Å². The minimum atomic E-state index is -0.324. The Kier molecular flexibility index (Phi) is 3.87. The van der Waals surface area contributed by atoms with Crippen molar-refractivity contribution in [3.63, 3.8) is 0 Å². The van der Waals surface area contributed by atoms with Crippen LogP contribution < -0.4 is 5.73 Å². The molecule has 3 rings (SSSR count). The molecule has 1 aliphatic carbocycles. The van der Waals surface area contributed by atoms with Crippen LogP contribution in [0.5, 0.6) is 0 Å². The fourth-order valence-corrected chi connectivity index (χ4v) is 4.51. The van der Waals surface area contributed by atoms with Gasteiger partial charge in [-0.3, -0.25) is 9.80 Å². The van der Waals surface area contributed by atoms with Gasteiger partial charge >= 0.3 is 0 Å². The zero-order valence-electron chi connectivity index (χ0n) is 12.2. The number of hydrogen-bond donors (Lipinski definition) is 2. The second-order valence-corrected chi connectivity index (χ2v) is 7.11. The summed E-state index contributed by atoms with van der Waals surface area (Å²) in [6.45, 7) is 6.23. The summed E-state index contributed by atoms with van der Waals surface area (Å²) in [5.41, 5.74) is 6.00. The smallest absolute Gasteiger partial charge is 0.0611 e. The Morgan fingerprint density at radius 1 is 1.21 bits per heavy atom. The van der Waals surface area contributed by atoms with Gasteiger partial charge in [0.1, 0.15) is 0 Å². The molecule has 0 aromatic heterocycles. The topological polar surface area (TPSA) is 52.7 Å². The second-order valence-electron chi connectivity index (χ2n) is 7.11. The zero-order valence-corrected chi connectivity index (χ0v) is 12.2. The molecule has 0 aromatic carbocycles. The second kappa shape index (κ2) is 5.32. The lowest BCUT2D eigenvalue weighted by Gasteiger charge is -2.49. The molecule has 4 atom stereocenters. The Balaban J connectivity index is 1.67. The van der Waals surface area contributed by atoms with Crippen molar-refractivity contribution in [3.05, 3.63) is 0 Å². The molecular formula is C15H29N3O. The van der Waals surface area contributed by atoms with Crippen molar-refractivity contribution < 1.29 is 5.11 Å². The van der Waals surface area contributed by atoms with E-state index in [-0.39, 0.29) is 12.1 Å². The number of piperazine rings is 1. The zero-order chi connectivity index (χ0) is 13.5. The van der Waals surface area contributed by atoms with Crippen LogP contribution in [-0.4, -0.2) is 64.8 Å². The highest BCUT2D eigenvalue weighted by atomic mass is 16.3. The maximum atomic E-state index is 9.53. The molecule has 3 N–H and O–H groups in total. The Labute approximate surface area is 116 Å². The fraction of sp³-hybridized carbons (Fsp3) is 1.00. The molecule has 4 nitrogen and oxygen atoms in total. The number of nitrogens with zero attached hydrogens (tertiary/aromatic N) is 2. The van der Waals surface area contributed by atoms with Gasteiger partial charge in [-0.25, -0.2) is 0 Å². The number of aliphatic hydroxyl groups excluding tert-OH is 1. The van der Waals surface area contributed by atoms with Crippen LogP contribution in [0.25, 0.3) is 0 Å². The number of rotatable bonds is 2. The first-order valence-electron chi connectivity index (χ1n) is 8.01. The van der Waals surface area contributed by atoms with Crippen molar-refractivity contribution in [3.8, 4) is 0 Å². The number of hydrogen-bond acceptors (Lipinski definition) is 4. The fourth-order valence-electron chi connectivity index (χ4n) is 4.51. The third-order valence-corrected chi connectivity index (χ3v) is 5.62. The van der Waals surface area contributed by atoms with Gasteiger partial charge in [0.25, 0.3) is 0 Å². The van der Waals surface area contributed by atoms with E-state index in [4.69, 9.17) is 5.73 Å². The highest BCUT2D eigenvalue weighted by Gasteiger charge is 2.41. The normalized spacial score (nSPS) is 45.3. The van der Waals surface area contributed by atoms with Gasteiger partial charge in [-0.05, 0) is 52.0 Å². The molecule has 0 amide bonds. The third-order valence-electron chi connectivity index (χ3n) is 5.62. The molecule has 3 aliphatic rings. The van der Waals surface area contributed by atoms with Crippen molar-refractivity contribution in [2.75, 3.05) is 26.2 Å². The molecule has 4 heteroatoms. The standard InChI is InChI=1S/C15H29N3O/c1-12-9-17-7-3-5-14(17)10-18(12)13-4-2-6-15(16,8-13)11-19/h12-14,19H,2-11,16H2,1H3. The average molecular weight is 267 g/mol. The first kappa shape index (κ1) is 13.8. The lowest BCUT2D eigenvalue weighted by atomic mass is 9.79. The molecular weight excluding hydrogens is 238 g/mol. The summed E-state index contributed by atoms with van der Waals surface area (Å²) in [5, 5.41) is 9.53. The molecule has 0 aromatic rings. The van der Waals surface area contributed by atoms with E-state index in [0.717, 1.165) is 18.9 Å². The highest BCUT2D eigenvalue weighted by molar-refractivity contribution is 4.99. The Hall–Kier alpha value is -0.160. The van der Waals surface area contributed by atoms with Gasteiger partial charge in [-0.1, -0.05) is 0 Å². The number of aliphatic hydroxyl groups is 1. The van der Waals surface area contributed by atoms with E-state index in [2.05, 4.69) is 16.7 Å². The maximum absolute atomic E-state index is 9.53. The van der Waals surface area contributed by atoms with Crippen molar-refractivity contribution in [2.45, 2.75) is 69.1 Å². The summed E-state index contributed by atoms with van der Waals surface area (Å²) in [6, 6.07) is 2.00. The first-order valence-corrected chi connectivity index (χ1v) is 8.01. The van der Waals surface area contributed by atoms with Gasteiger partial charge in [-0.2, -0.15) is 0 Å². The van der Waals surface area contributed by atoms with Crippen molar-refractivity contribution in [2.24, 2.45) is 5.73 Å². The first-order chi connectivity index (χ1) is 9.11. The van der Waals surface area contributed by atoms with Crippen LogP contribution in [0.15, 0.2) is 0 Å². The van der Waals surface area contributed by atoms with Crippen LogP contribution in [0.3, 0.4) is 0 Å². The van der Waals surface area contributed by atoms with Crippen molar-refractivity contribution in [1.29, 1.82) is 0 Å². The lowest BCUT2D eigenvalue weighted by molar-refractivity contribution is -0.00220. The molecule has 0 radical (unpaired) electrons. The maximum Gasteiger partial charge on any atom is 0.0611 e. The van der Waals surface area contributed by atoms with Crippen LogP contribution in [0, 0.1) is 0 Å². The minimum Gasteiger partial charge on any atom is -0.394 e. The van der Waals surface area contributed by atoms with E-state index in [0.29, 0.717) is 12.1 Å². The molecule has 1 saturated carbocycles. The van der Waals surface area contributed by atoms with Gasteiger partial charge in [0.15, 0.2) is 0 Å². The van der Waals surface area contributed by atoms with Crippen LogP contribution >= 0.6 is 0 Å². The summed E-state index contributed by atoms with van der Waals surface area (Å²) in [5.74, 6) is 0. The third kappa shape index (κ3) is 2.68. The summed E-state index contributed by atoms with van der Waals surface area (Å²) in [6.07, 6.45) is 7.12. The van der Waals surface area contributed by atoms with Crippen LogP contribution in [-0.2, 0) is 0 Å². The van der Waals surface area contributed by atoms with Gasteiger partial charge in [-0.15, -0.1) is 0 Å². The molecule has 2 heterocycles. The van der Waals surface area contributed by atoms with E-state index < -0.39 is 0 Å². The van der Waals surface area contributed by atoms with Gasteiger partial charge in [0.05, 0.1) is 6.61 Å². The van der Waals surface area contributed by atoms with Gasteiger partial charge in [0, 0.05) is 36.8 Å². The van der Waals surface area contributed by atoms with Crippen molar-refractivity contribution >= 4 is 0 Å². The summed E-state index contributed by atoms with van der Waals surface area (Å²) >= 11 is 0. The highest BCUT2D eigenvalue weighted by Crippen LogP contribution is 2.33. The van der Waals surface area contributed by atoms with E-state index in [1.807, 2.05) is 0 Å². The van der Waals surface area contributed by atoms with E-state index >= 15 is 0 Å². The average Bonchev–Trinajstić information content (AvgIpc) is 2.85. The predicted molar refractivity (Wildman–Crippen MR) is 77.0 cm³/mol.